The maximum absolute atomic E-state index is 13.1. The number of aliphatic hydroxyl groups excluding tert-OH is 1. The molecule has 1 aromatic carbocycles. The van der Waals surface area contributed by atoms with Gasteiger partial charge in [-0.3, -0.25) is 0 Å². The van der Waals surface area contributed by atoms with E-state index in [0.29, 0.717) is 0 Å². The highest BCUT2D eigenvalue weighted by Crippen LogP contribution is 2.32. The van der Waals surface area contributed by atoms with Crippen LogP contribution < -0.4 is 0 Å². The maximum atomic E-state index is 13.1. The number of carboxylic acids is 1. The third-order valence-corrected chi connectivity index (χ3v) is 2.98. The van der Waals surface area contributed by atoms with E-state index in [1.807, 2.05) is 0 Å². The normalized spacial score (nSPS) is 12.6. The van der Waals surface area contributed by atoms with Crippen LogP contribution in [-0.2, 0) is 4.79 Å². The van der Waals surface area contributed by atoms with E-state index in [1.54, 1.807) is 0 Å². The predicted molar refractivity (Wildman–Crippen MR) is 51.7 cm³/mol. The minimum atomic E-state index is -1.93. The van der Waals surface area contributed by atoms with Crippen LogP contribution in [-0.4, -0.2) is 16.2 Å². The molecule has 1 unspecified atom stereocenters. The second kappa shape index (κ2) is 4.25. The van der Waals surface area contributed by atoms with E-state index in [0.717, 1.165) is 6.07 Å². The van der Waals surface area contributed by atoms with E-state index < -0.39 is 17.9 Å². The summed E-state index contributed by atoms with van der Waals surface area (Å²) in [4.78, 5) is 10.4. The van der Waals surface area contributed by atoms with Gasteiger partial charge in [0, 0.05) is 10.0 Å². The van der Waals surface area contributed by atoms with Crippen molar-refractivity contribution in [3.8, 4) is 0 Å². The summed E-state index contributed by atoms with van der Waals surface area (Å²) in [5, 5.41) is 17.8. The SMILES string of the molecule is O=C(O)C(O)c1c(F)ccc(Cl)c1Br. The maximum Gasteiger partial charge on any atom is 0.337 e. The molecule has 0 aromatic heterocycles. The number of aliphatic hydroxyl groups is 1. The van der Waals surface area contributed by atoms with Crippen molar-refractivity contribution in [2.75, 3.05) is 0 Å². The van der Waals surface area contributed by atoms with Crippen LogP contribution >= 0.6 is 27.5 Å². The number of hydrogen-bond acceptors (Lipinski definition) is 2. The molecule has 0 aliphatic rings. The third kappa shape index (κ3) is 2.05. The first-order valence-electron chi connectivity index (χ1n) is 3.49. The van der Waals surface area contributed by atoms with Gasteiger partial charge in [0.25, 0.3) is 0 Å². The fourth-order valence-electron chi connectivity index (χ4n) is 0.917. The standard InChI is InChI=1S/C8H5BrClFO3/c9-6-3(10)1-2-4(11)5(6)7(12)8(13)14/h1-2,7,12H,(H,13,14). The van der Waals surface area contributed by atoms with Gasteiger partial charge < -0.3 is 10.2 Å². The quantitative estimate of drug-likeness (QED) is 0.819. The molecule has 6 heteroatoms. The Morgan fingerprint density at radius 3 is 2.64 bits per heavy atom. The Morgan fingerprint density at radius 2 is 2.14 bits per heavy atom. The van der Waals surface area contributed by atoms with Gasteiger partial charge in [-0.05, 0) is 28.1 Å². The molecule has 2 N–H and O–H groups in total. The Balaban J connectivity index is 3.32. The van der Waals surface area contributed by atoms with Gasteiger partial charge in [0.1, 0.15) is 5.82 Å². The van der Waals surface area contributed by atoms with Crippen LogP contribution in [0.4, 0.5) is 4.39 Å². The topological polar surface area (TPSA) is 57.5 Å². The molecule has 0 saturated carbocycles. The molecule has 76 valence electrons. The Morgan fingerprint density at radius 1 is 1.57 bits per heavy atom. The minimum Gasteiger partial charge on any atom is -0.479 e. The summed E-state index contributed by atoms with van der Waals surface area (Å²) in [5.74, 6) is -2.36. The van der Waals surface area contributed by atoms with Gasteiger partial charge in [-0.15, -0.1) is 0 Å². The molecule has 0 radical (unpaired) electrons. The molecular weight excluding hydrogens is 278 g/mol. The Hall–Kier alpha value is -0.650. The van der Waals surface area contributed by atoms with Crippen molar-refractivity contribution in [3.05, 3.63) is 33.0 Å². The van der Waals surface area contributed by atoms with Gasteiger partial charge in [-0.25, -0.2) is 9.18 Å². The molecule has 0 heterocycles. The van der Waals surface area contributed by atoms with Crippen molar-refractivity contribution < 1.29 is 19.4 Å². The average Bonchev–Trinajstić information content (AvgIpc) is 2.12. The number of hydrogen-bond donors (Lipinski definition) is 2. The van der Waals surface area contributed by atoms with Crippen LogP contribution in [0.25, 0.3) is 0 Å². The van der Waals surface area contributed by atoms with Crippen molar-refractivity contribution >= 4 is 33.5 Å². The predicted octanol–water partition coefficient (Wildman–Crippen LogP) is 2.36. The summed E-state index contributed by atoms with van der Waals surface area (Å²) in [6.07, 6.45) is -1.93. The molecule has 0 bridgehead atoms. The Kier molecular flexibility index (Phi) is 3.47. The van der Waals surface area contributed by atoms with E-state index in [-0.39, 0.29) is 15.1 Å². The van der Waals surface area contributed by atoms with Crippen LogP contribution in [0, 0.1) is 5.82 Å². The van der Waals surface area contributed by atoms with Gasteiger partial charge >= 0.3 is 5.97 Å². The molecule has 1 atom stereocenters. The first-order valence-corrected chi connectivity index (χ1v) is 4.66. The smallest absolute Gasteiger partial charge is 0.337 e. The number of halogens is 3. The monoisotopic (exact) mass is 282 g/mol. The van der Waals surface area contributed by atoms with E-state index in [1.165, 1.54) is 6.07 Å². The fourth-order valence-corrected chi connectivity index (χ4v) is 1.62. The van der Waals surface area contributed by atoms with Crippen LogP contribution in [0.2, 0.25) is 5.02 Å². The summed E-state index contributed by atoms with van der Waals surface area (Å²) in [7, 11) is 0. The summed E-state index contributed by atoms with van der Waals surface area (Å²) < 4.78 is 13.2. The van der Waals surface area contributed by atoms with E-state index in [9.17, 15) is 9.18 Å². The molecule has 0 saturated heterocycles. The second-order valence-electron chi connectivity index (χ2n) is 2.50. The highest BCUT2D eigenvalue weighted by molar-refractivity contribution is 9.10. The number of rotatable bonds is 2. The average molecular weight is 283 g/mol. The van der Waals surface area contributed by atoms with Gasteiger partial charge in [-0.2, -0.15) is 0 Å². The van der Waals surface area contributed by atoms with Crippen molar-refractivity contribution in [1.82, 2.24) is 0 Å². The van der Waals surface area contributed by atoms with E-state index in [2.05, 4.69) is 15.9 Å². The summed E-state index contributed by atoms with van der Waals surface area (Å²) >= 11 is 8.52. The minimum absolute atomic E-state index is 0.0501. The molecular formula is C8H5BrClFO3. The lowest BCUT2D eigenvalue weighted by Gasteiger charge is -2.10. The summed E-state index contributed by atoms with van der Waals surface area (Å²) in [5.41, 5.74) is -0.370. The molecule has 0 fully saturated rings. The first kappa shape index (κ1) is 11.4. The van der Waals surface area contributed by atoms with Crippen molar-refractivity contribution in [2.24, 2.45) is 0 Å². The van der Waals surface area contributed by atoms with E-state index >= 15 is 0 Å². The molecule has 14 heavy (non-hydrogen) atoms. The molecule has 0 aliphatic heterocycles. The fraction of sp³-hybridized carbons (Fsp3) is 0.125. The molecule has 3 nitrogen and oxygen atoms in total. The summed E-state index contributed by atoms with van der Waals surface area (Å²) in [6, 6.07) is 2.26. The first-order chi connectivity index (χ1) is 6.45. The zero-order chi connectivity index (χ0) is 10.9. The lowest BCUT2D eigenvalue weighted by atomic mass is 10.1. The van der Waals surface area contributed by atoms with Crippen molar-refractivity contribution in [3.63, 3.8) is 0 Å². The number of benzene rings is 1. The highest BCUT2D eigenvalue weighted by Gasteiger charge is 2.24. The van der Waals surface area contributed by atoms with Gasteiger partial charge in [0.2, 0.25) is 0 Å². The molecule has 0 aliphatic carbocycles. The third-order valence-electron chi connectivity index (χ3n) is 1.59. The van der Waals surface area contributed by atoms with Crippen molar-refractivity contribution in [2.45, 2.75) is 6.10 Å². The molecule has 1 rings (SSSR count). The van der Waals surface area contributed by atoms with Crippen LogP contribution in [0.3, 0.4) is 0 Å². The second-order valence-corrected chi connectivity index (χ2v) is 3.70. The van der Waals surface area contributed by atoms with Gasteiger partial charge in [0.15, 0.2) is 6.10 Å². The molecule has 1 aromatic rings. The summed E-state index contributed by atoms with van der Waals surface area (Å²) in [6.45, 7) is 0. The van der Waals surface area contributed by atoms with Crippen molar-refractivity contribution in [1.29, 1.82) is 0 Å². The van der Waals surface area contributed by atoms with E-state index in [4.69, 9.17) is 21.8 Å². The zero-order valence-electron chi connectivity index (χ0n) is 6.67. The number of carboxylic acid groups (broad SMARTS) is 1. The lowest BCUT2D eigenvalue weighted by molar-refractivity contribution is -0.147. The van der Waals surface area contributed by atoms with Gasteiger partial charge in [0.05, 0.1) is 5.02 Å². The molecule has 0 amide bonds. The number of carbonyl (C=O) groups is 1. The van der Waals surface area contributed by atoms with Crippen LogP contribution in [0.1, 0.15) is 11.7 Å². The van der Waals surface area contributed by atoms with Crippen LogP contribution in [0.5, 0.6) is 0 Å². The van der Waals surface area contributed by atoms with Gasteiger partial charge in [-0.1, -0.05) is 11.6 Å². The Labute approximate surface area is 92.2 Å². The lowest BCUT2D eigenvalue weighted by Crippen LogP contribution is -2.13. The zero-order valence-corrected chi connectivity index (χ0v) is 9.01. The largest absolute Gasteiger partial charge is 0.479 e. The Bertz CT molecular complexity index is 383. The number of aliphatic carboxylic acids is 1. The molecule has 0 spiro atoms. The van der Waals surface area contributed by atoms with Crippen LogP contribution in [0.15, 0.2) is 16.6 Å². The highest BCUT2D eigenvalue weighted by atomic mass is 79.9.